The van der Waals surface area contributed by atoms with Gasteiger partial charge in [-0.15, -0.1) is 11.3 Å². The fourth-order valence-corrected chi connectivity index (χ4v) is 4.73. The number of halogens is 1. The quantitative estimate of drug-likeness (QED) is 0.322. The summed E-state index contributed by atoms with van der Waals surface area (Å²) in [6, 6.07) is 10.0. The Morgan fingerprint density at radius 1 is 1.03 bits per heavy atom. The number of nitrogens with zero attached hydrogens (tertiary/aromatic N) is 3. The van der Waals surface area contributed by atoms with E-state index in [0.29, 0.717) is 5.15 Å². The van der Waals surface area contributed by atoms with E-state index in [9.17, 15) is 4.79 Å². The summed E-state index contributed by atoms with van der Waals surface area (Å²) in [6.07, 6.45) is -0.415. The van der Waals surface area contributed by atoms with Crippen molar-refractivity contribution in [2.24, 2.45) is 0 Å². The van der Waals surface area contributed by atoms with E-state index in [2.05, 4.69) is 9.97 Å². The standard InChI is InChI=1S/C24H24ClN3O2S/c1-13-9-17(10-14(2)26-13)21-15(3)18-8-7-16(22-27-20(25)12-31-22)11-19(18)28(21)23(29)30-24(4,5)6/h7-12H,1-6H3. The first-order chi connectivity index (χ1) is 14.5. The van der Waals surface area contributed by atoms with E-state index in [-0.39, 0.29) is 0 Å². The van der Waals surface area contributed by atoms with E-state index in [1.54, 1.807) is 9.95 Å². The van der Waals surface area contributed by atoms with Crippen LogP contribution in [0.2, 0.25) is 5.15 Å². The highest BCUT2D eigenvalue weighted by atomic mass is 35.5. The number of carbonyl (C=O) groups excluding carboxylic acids is 1. The summed E-state index contributed by atoms with van der Waals surface area (Å²) in [5.41, 5.74) is 5.61. The lowest BCUT2D eigenvalue weighted by Crippen LogP contribution is -2.27. The van der Waals surface area contributed by atoms with Crippen LogP contribution < -0.4 is 0 Å². The highest BCUT2D eigenvalue weighted by Crippen LogP contribution is 2.37. The van der Waals surface area contributed by atoms with Crippen LogP contribution in [0.4, 0.5) is 4.79 Å². The molecule has 4 aromatic rings. The molecule has 0 unspecified atom stereocenters. The van der Waals surface area contributed by atoms with Gasteiger partial charge in [-0.2, -0.15) is 0 Å². The summed E-state index contributed by atoms with van der Waals surface area (Å²) < 4.78 is 7.46. The molecule has 0 aliphatic carbocycles. The number of pyridine rings is 1. The zero-order valence-corrected chi connectivity index (χ0v) is 20.0. The van der Waals surface area contributed by atoms with Crippen molar-refractivity contribution in [1.29, 1.82) is 0 Å². The molecule has 0 N–H and O–H groups in total. The zero-order chi connectivity index (χ0) is 22.5. The smallest absolute Gasteiger partial charge is 0.419 e. The van der Waals surface area contributed by atoms with E-state index >= 15 is 0 Å². The highest BCUT2D eigenvalue weighted by Gasteiger charge is 2.26. The first kappa shape index (κ1) is 21.5. The maximum absolute atomic E-state index is 13.4. The average molecular weight is 454 g/mol. The molecule has 4 rings (SSSR count). The Morgan fingerprint density at radius 2 is 1.71 bits per heavy atom. The maximum atomic E-state index is 13.4. The van der Waals surface area contributed by atoms with Crippen LogP contribution in [0.25, 0.3) is 32.7 Å². The lowest BCUT2D eigenvalue weighted by molar-refractivity contribution is 0.0547. The van der Waals surface area contributed by atoms with Crippen molar-refractivity contribution >= 4 is 39.9 Å². The zero-order valence-electron chi connectivity index (χ0n) is 18.4. The molecule has 0 spiro atoms. The van der Waals surface area contributed by atoms with Crippen LogP contribution in [0.3, 0.4) is 0 Å². The van der Waals surface area contributed by atoms with Gasteiger partial charge in [0, 0.05) is 33.3 Å². The number of hydrogen-bond acceptors (Lipinski definition) is 5. The van der Waals surface area contributed by atoms with Gasteiger partial charge in [0.1, 0.15) is 15.8 Å². The molecule has 3 heterocycles. The number of carbonyl (C=O) groups is 1. The van der Waals surface area contributed by atoms with E-state index in [4.69, 9.17) is 16.3 Å². The van der Waals surface area contributed by atoms with Crippen LogP contribution in [0.1, 0.15) is 37.7 Å². The Bertz CT molecular complexity index is 1290. The van der Waals surface area contributed by atoms with Crippen molar-refractivity contribution in [3.8, 4) is 21.8 Å². The van der Waals surface area contributed by atoms with Gasteiger partial charge in [-0.3, -0.25) is 4.98 Å². The fourth-order valence-electron chi connectivity index (χ4n) is 3.78. The molecule has 160 valence electrons. The van der Waals surface area contributed by atoms with Crippen molar-refractivity contribution in [2.75, 3.05) is 0 Å². The molecular formula is C24H24ClN3O2S. The van der Waals surface area contributed by atoms with Crippen molar-refractivity contribution in [3.63, 3.8) is 0 Å². The molecule has 0 amide bonds. The second-order valence-corrected chi connectivity index (χ2v) is 9.88. The van der Waals surface area contributed by atoms with Crippen LogP contribution in [0.15, 0.2) is 35.7 Å². The van der Waals surface area contributed by atoms with Gasteiger partial charge in [-0.25, -0.2) is 14.3 Å². The van der Waals surface area contributed by atoms with E-state index in [1.807, 2.05) is 71.9 Å². The number of fused-ring (bicyclic) bond motifs is 1. The number of rotatable bonds is 2. The van der Waals surface area contributed by atoms with Gasteiger partial charge in [0.15, 0.2) is 0 Å². The molecule has 5 nitrogen and oxygen atoms in total. The van der Waals surface area contributed by atoms with Crippen LogP contribution in [-0.4, -0.2) is 26.2 Å². The van der Waals surface area contributed by atoms with Crippen LogP contribution >= 0.6 is 22.9 Å². The third-order valence-electron chi connectivity index (χ3n) is 4.88. The lowest BCUT2D eigenvalue weighted by atomic mass is 10.1. The SMILES string of the molecule is Cc1cc(-c2c(C)c3ccc(-c4nc(Cl)cs4)cc3n2C(=O)OC(C)(C)C)cc(C)n1. The summed E-state index contributed by atoms with van der Waals surface area (Å²) in [5.74, 6) is 0. The van der Waals surface area contributed by atoms with Crippen molar-refractivity contribution in [2.45, 2.75) is 47.1 Å². The van der Waals surface area contributed by atoms with Crippen molar-refractivity contribution < 1.29 is 9.53 Å². The molecule has 0 atom stereocenters. The molecule has 0 aliphatic heterocycles. The van der Waals surface area contributed by atoms with Crippen LogP contribution in [0, 0.1) is 20.8 Å². The lowest BCUT2D eigenvalue weighted by Gasteiger charge is -2.21. The second-order valence-electron chi connectivity index (χ2n) is 8.64. The Hall–Kier alpha value is -2.70. The minimum Gasteiger partial charge on any atom is -0.443 e. The first-order valence-electron chi connectivity index (χ1n) is 9.99. The minimum absolute atomic E-state index is 0.415. The molecule has 0 fully saturated rings. The highest BCUT2D eigenvalue weighted by molar-refractivity contribution is 7.13. The Labute approximate surface area is 190 Å². The maximum Gasteiger partial charge on any atom is 0.419 e. The van der Waals surface area contributed by atoms with Crippen LogP contribution in [0.5, 0.6) is 0 Å². The number of benzene rings is 1. The summed E-state index contributed by atoms with van der Waals surface area (Å²) in [5, 5.41) is 4.05. The Morgan fingerprint density at radius 3 is 2.29 bits per heavy atom. The minimum atomic E-state index is -0.622. The Balaban J connectivity index is 2.02. The van der Waals surface area contributed by atoms with Gasteiger partial charge in [0.05, 0.1) is 11.2 Å². The third-order valence-corrected chi connectivity index (χ3v) is 6.09. The summed E-state index contributed by atoms with van der Waals surface area (Å²) in [4.78, 5) is 22.3. The van der Waals surface area contributed by atoms with E-state index < -0.39 is 11.7 Å². The molecule has 7 heteroatoms. The number of ether oxygens (including phenoxy) is 1. The van der Waals surface area contributed by atoms with Crippen LogP contribution in [-0.2, 0) is 4.74 Å². The number of aryl methyl sites for hydroxylation is 3. The van der Waals surface area contributed by atoms with Gasteiger partial charge < -0.3 is 4.74 Å². The van der Waals surface area contributed by atoms with Gasteiger partial charge in [0.2, 0.25) is 0 Å². The summed E-state index contributed by atoms with van der Waals surface area (Å²) >= 11 is 7.51. The number of hydrogen-bond donors (Lipinski definition) is 0. The predicted octanol–water partition coefficient (Wildman–Crippen LogP) is 7.19. The first-order valence-corrected chi connectivity index (χ1v) is 11.2. The van der Waals surface area contributed by atoms with Gasteiger partial charge >= 0.3 is 6.09 Å². The fraction of sp³-hybridized carbons (Fsp3) is 0.292. The average Bonchev–Trinajstić information content (AvgIpc) is 3.20. The van der Waals surface area contributed by atoms with Crippen molar-refractivity contribution in [1.82, 2.24) is 14.5 Å². The second kappa shape index (κ2) is 7.77. The Kier molecular flexibility index (Phi) is 5.40. The molecule has 1 aromatic carbocycles. The third kappa shape index (κ3) is 4.23. The summed E-state index contributed by atoms with van der Waals surface area (Å²) in [7, 11) is 0. The number of aromatic nitrogens is 3. The van der Waals surface area contributed by atoms with Gasteiger partial charge in [0.25, 0.3) is 0 Å². The van der Waals surface area contributed by atoms with Gasteiger partial charge in [-0.1, -0.05) is 23.7 Å². The molecule has 3 aromatic heterocycles. The predicted molar refractivity (Wildman–Crippen MR) is 127 cm³/mol. The monoisotopic (exact) mass is 453 g/mol. The molecular weight excluding hydrogens is 430 g/mol. The summed E-state index contributed by atoms with van der Waals surface area (Å²) in [6.45, 7) is 11.5. The van der Waals surface area contributed by atoms with E-state index in [0.717, 1.165) is 49.7 Å². The molecule has 31 heavy (non-hydrogen) atoms. The molecule has 0 saturated carbocycles. The number of thiazole rings is 1. The van der Waals surface area contributed by atoms with Crippen molar-refractivity contribution in [3.05, 3.63) is 57.8 Å². The topological polar surface area (TPSA) is 57.0 Å². The molecule has 0 saturated heterocycles. The molecule has 0 radical (unpaired) electrons. The normalized spacial score (nSPS) is 11.8. The molecule has 0 bridgehead atoms. The largest absolute Gasteiger partial charge is 0.443 e. The molecule has 0 aliphatic rings. The van der Waals surface area contributed by atoms with Gasteiger partial charge in [-0.05, 0) is 65.3 Å². The van der Waals surface area contributed by atoms with E-state index in [1.165, 1.54) is 11.3 Å².